The van der Waals surface area contributed by atoms with Gasteiger partial charge in [-0.1, -0.05) is 29.8 Å². The number of piperidine rings is 1. The molecule has 0 aliphatic carbocycles. The largest absolute Gasteiger partial charge is 0.491 e. The third-order valence-corrected chi connectivity index (χ3v) is 6.58. The lowest BCUT2D eigenvalue weighted by molar-refractivity contribution is -0.159. The molecule has 0 saturated carbocycles. The zero-order valence-electron chi connectivity index (χ0n) is 19.3. The molecule has 188 valence electrons. The summed E-state index contributed by atoms with van der Waals surface area (Å²) in [7, 11) is 0. The number of rotatable bonds is 7. The number of nitrogens with zero attached hydrogens (tertiary/aromatic N) is 2. The first-order valence-corrected chi connectivity index (χ1v) is 11.3. The number of anilines is 1. The summed E-state index contributed by atoms with van der Waals surface area (Å²) in [6.07, 6.45) is 4.75. The normalized spacial score (nSPS) is 14.4. The van der Waals surface area contributed by atoms with Gasteiger partial charge in [0, 0.05) is 42.1 Å². The second kappa shape index (κ2) is 12.3. The molecule has 0 atom stereocenters. The summed E-state index contributed by atoms with van der Waals surface area (Å²) in [5, 5.41) is 9.79. The zero-order chi connectivity index (χ0) is 23.4. The summed E-state index contributed by atoms with van der Waals surface area (Å²) in [4.78, 5) is 19.3. The minimum absolute atomic E-state index is 0. The van der Waals surface area contributed by atoms with Crippen LogP contribution in [0.25, 0.3) is 10.8 Å². The highest BCUT2D eigenvalue weighted by molar-refractivity contribution is 6.37. The third-order valence-electron chi connectivity index (χ3n) is 6.19. The lowest BCUT2D eigenvalue weighted by Crippen LogP contribution is -2.48. The smallest absolute Gasteiger partial charge is 0.315 e. The molecule has 0 bridgehead atoms. The van der Waals surface area contributed by atoms with Crippen LogP contribution in [0.2, 0.25) is 5.02 Å². The van der Waals surface area contributed by atoms with Crippen molar-refractivity contribution in [2.24, 2.45) is 11.1 Å². The first-order valence-electron chi connectivity index (χ1n) is 11.0. The molecule has 3 N–H and O–H groups in total. The van der Waals surface area contributed by atoms with Crippen molar-refractivity contribution in [2.75, 3.05) is 31.2 Å². The van der Waals surface area contributed by atoms with Crippen molar-refractivity contribution in [1.29, 1.82) is 5.41 Å². The van der Waals surface area contributed by atoms with E-state index in [1.807, 2.05) is 37.3 Å². The highest BCUT2D eigenvalue weighted by Crippen LogP contribution is 2.38. The van der Waals surface area contributed by atoms with E-state index < -0.39 is 5.41 Å². The van der Waals surface area contributed by atoms with Gasteiger partial charge in [0.05, 0.1) is 11.6 Å². The number of nitrogens with one attached hydrogen (secondary N) is 1. The fourth-order valence-corrected chi connectivity index (χ4v) is 4.48. The molecular weight excluding hydrogens is 511 g/mol. The minimum Gasteiger partial charge on any atom is -0.491 e. The predicted molar refractivity (Wildman–Crippen MR) is 145 cm³/mol. The number of pyridine rings is 1. The summed E-state index contributed by atoms with van der Waals surface area (Å²) >= 11 is 6.66. The molecule has 1 aliphatic heterocycles. The van der Waals surface area contributed by atoms with Crippen LogP contribution in [0.15, 0.2) is 54.9 Å². The van der Waals surface area contributed by atoms with Gasteiger partial charge in [0.1, 0.15) is 23.6 Å². The predicted octanol–water partition coefficient (Wildman–Crippen LogP) is 5.24. The summed E-state index contributed by atoms with van der Waals surface area (Å²) < 4.78 is 11.6. The van der Waals surface area contributed by atoms with Crippen LogP contribution in [-0.4, -0.2) is 43.1 Å². The van der Waals surface area contributed by atoms with E-state index in [2.05, 4.69) is 9.88 Å². The van der Waals surface area contributed by atoms with E-state index in [4.69, 9.17) is 32.2 Å². The van der Waals surface area contributed by atoms with Crippen molar-refractivity contribution in [3.8, 4) is 5.75 Å². The number of hydrogen-bond donors (Lipinski definition) is 2. The van der Waals surface area contributed by atoms with Crippen molar-refractivity contribution in [2.45, 2.75) is 19.8 Å². The van der Waals surface area contributed by atoms with Crippen LogP contribution >= 0.6 is 36.4 Å². The molecule has 7 nitrogen and oxygen atoms in total. The number of esters is 1. The Morgan fingerprint density at radius 3 is 2.43 bits per heavy atom. The number of amidine groups is 1. The number of nitrogens with two attached hydrogens (primary N) is 1. The van der Waals surface area contributed by atoms with Gasteiger partial charge in [0.2, 0.25) is 0 Å². The number of carbonyl (C=O) groups is 1. The number of nitrogen functional groups attached to an aromatic ring is 1. The Balaban J connectivity index is 0.00000216. The average Bonchev–Trinajstić information content (AvgIpc) is 2.84. The Labute approximate surface area is 222 Å². The van der Waals surface area contributed by atoms with Crippen molar-refractivity contribution < 1.29 is 14.3 Å². The molecule has 10 heteroatoms. The van der Waals surface area contributed by atoms with Gasteiger partial charge >= 0.3 is 5.97 Å². The number of halogens is 3. The molecule has 1 saturated heterocycles. The van der Waals surface area contributed by atoms with Crippen LogP contribution in [0.5, 0.6) is 5.75 Å². The van der Waals surface area contributed by atoms with Gasteiger partial charge < -0.3 is 20.1 Å². The number of hydrogen-bond acceptors (Lipinski definition) is 6. The molecule has 2 aromatic carbocycles. The lowest BCUT2D eigenvalue weighted by Gasteiger charge is -2.40. The maximum Gasteiger partial charge on any atom is 0.315 e. The van der Waals surface area contributed by atoms with Crippen LogP contribution in [-0.2, 0) is 9.53 Å². The van der Waals surface area contributed by atoms with Crippen LogP contribution in [0.4, 0.5) is 5.69 Å². The maximum atomic E-state index is 13.0. The van der Waals surface area contributed by atoms with E-state index in [1.165, 1.54) is 0 Å². The number of fused-ring (bicyclic) bond motifs is 1. The van der Waals surface area contributed by atoms with Crippen molar-refractivity contribution in [1.82, 2.24) is 4.98 Å². The molecule has 0 unspecified atom stereocenters. The molecular formula is C25H29Cl3N4O3. The molecule has 35 heavy (non-hydrogen) atoms. The highest BCUT2D eigenvalue weighted by Gasteiger charge is 2.44. The molecule has 0 radical (unpaired) electrons. The fourth-order valence-electron chi connectivity index (χ4n) is 4.20. The Kier molecular flexibility index (Phi) is 10.0. The van der Waals surface area contributed by atoms with Crippen LogP contribution in [0.1, 0.15) is 25.3 Å². The van der Waals surface area contributed by atoms with E-state index in [0.29, 0.717) is 48.9 Å². The third kappa shape index (κ3) is 6.10. The maximum absolute atomic E-state index is 13.0. The van der Waals surface area contributed by atoms with Gasteiger partial charge in [-0.3, -0.25) is 15.2 Å². The molecule has 3 aromatic rings. The molecule has 1 aromatic heterocycles. The lowest BCUT2D eigenvalue weighted by atomic mass is 9.79. The van der Waals surface area contributed by atoms with Crippen molar-refractivity contribution >= 4 is 64.7 Å². The summed E-state index contributed by atoms with van der Waals surface area (Å²) in [6, 6.07) is 13.1. The molecule has 1 aliphatic rings. The topological polar surface area (TPSA) is 102 Å². The van der Waals surface area contributed by atoms with Gasteiger partial charge in [-0.2, -0.15) is 0 Å². The number of ether oxygens (including phenoxy) is 2. The SMILES string of the molecule is CCOC(=O)C1(COc2ccc3ccc(C(=N)N)cc3c2Cl)CCN(c2ccncc2)CC1.Cl.Cl. The molecule has 1 fully saturated rings. The monoisotopic (exact) mass is 538 g/mol. The summed E-state index contributed by atoms with van der Waals surface area (Å²) in [6.45, 7) is 3.72. The van der Waals surface area contributed by atoms with E-state index in [9.17, 15) is 4.79 Å². The Hall–Kier alpha value is -2.74. The second-order valence-corrected chi connectivity index (χ2v) is 8.59. The minimum atomic E-state index is -0.751. The van der Waals surface area contributed by atoms with Gasteiger partial charge in [-0.15, -0.1) is 24.8 Å². The first-order chi connectivity index (χ1) is 15.9. The highest BCUT2D eigenvalue weighted by atomic mass is 35.5. The molecule has 2 heterocycles. The van der Waals surface area contributed by atoms with E-state index in [-0.39, 0.29) is 43.2 Å². The summed E-state index contributed by atoms with van der Waals surface area (Å²) in [5.74, 6) is 0.224. The molecule has 0 amide bonds. The average molecular weight is 540 g/mol. The molecule has 0 spiro atoms. The van der Waals surface area contributed by atoms with E-state index >= 15 is 0 Å². The van der Waals surface area contributed by atoms with E-state index in [0.717, 1.165) is 16.5 Å². The van der Waals surface area contributed by atoms with Gasteiger partial charge in [-0.05, 0) is 49.4 Å². The quantitative estimate of drug-likeness (QED) is 0.242. The second-order valence-electron chi connectivity index (χ2n) is 8.21. The number of carbonyl (C=O) groups excluding carboxylic acids is 1. The Morgan fingerprint density at radius 1 is 1.14 bits per heavy atom. The van der Waals surface area contributed by atoms with Crippen molar-refractivity contribution in [3.63, 3.8) is 0 Å². The Morgan fingerprint density at radius 2 is 1.80 bits per heavy atom. The van der Waals surface area contributed by atoms with Crippen LogP contribution in [0.3, 0.4) is 0 Å². The van der Waals surface area contributed by atoms with Crippen LogP contribution < -0.4 is 15.4 Å². The Bertz CT molecular complexity index is 1170. The van der Waals surface area contributed by atoms with E-state index in [1.54, 1.807) is 24.5 Å². The van der Waals surface area contributed by atoms with Gasteiger partial charge in [0.15, 0.2) is 0 Å². The fraction of sp³-hybridized carbons (Fsp3) is 0.320. The van der Waals surface area contributed by atoms with Crippen molar-refractivity contribution in [3.05, 3.63) is 65.4 Å². The standard InChI is InChI=1S/C25H27ClN4O3.2ClH/c1-2-32-24(31)25(9-13-30(14-10-25)19-7-11-29-12-8-19)16-33-21-6-5-17-3-4-18(23(27)28)15-20(17)22(21)26;;/h3-8,11-12,15H,2,9-10,13-14,16H2,1H3,(H3,27,28);2*1H. The number of benzene rings is 2. The van der Waals surface area contributed by atoms with Crippen LogP contribution in [0, 0.1) is 10.8 Å². The first kappa shape index (κ1) is 28.5. The number of aromatic nitrogens is 1. The summed E-state index contributed by atoms with van der Waals surface area (Å²) in [5.41, 5.74) is 6.56. The van der Waals surface area contributed by atoms with Gasteiger partial charge in [-0.25, -0.2) is 0 Å². The molecule has 4 rings (SSSR count). The van der Waals surface area contributed by atoms with Gasteiger partial charge in [0.25, 0.3) is 0 Å². The zero-order valence-corrected chi connectivity index (χ0v) is 21.7.